The van der Waals surface area contributed by atoms with Crippen molar-refractivity contribution >= 4 is 11.9 Å². The maximum atomic E-state index is 13.6. The molecule has 1 unspecified atom stereocenters. The number of hydrogen-bond acceptors (Lipinski definition) is 2. The molecule has 3 rings (SSSR count). The Morgan fingerprint density at radius 1 is 1.26 bits per heavy atom. The van der Waals surface area contributed by atoms with Gasteiger partial charge in [-0.15, -0.1) is 0 Å². The molecule has 23 heavy (non-hydrogen) atoms. The number of hydrogen-bond donors (Lipinski definition) is 0. The Kier molecular flexibility index (Phi) is 4.41. The molecule has 1 heterocycles. The van der Waals surface area contributed by atoms with Gasteiger partial charge < -0.3 is 4.90 Å². The number of carbonyl (C=O) groups is 1. The highest BCUT2D eigenvalue weighted by atomic mass is 19.1. The van der Waals surface area contributed by atoms with Crippen molar-refractivity contribution in [3.63, 3.8) is 0 Å². The molecule has 124 valence electrons. The van der Waals surface area contributed by atoms with Gasteiger partial charge in [0.2, 0.25) is 0 Å². The van der Waals surface area contributed by atoms with E-state index in [-0.39, 0.29) is 11.2 Å². The monoisotopic (exact) mass is 315 g/mol. The molecule has 1 aromatic carbocycles. The van der Waals surface area contributed by atoms with E-state index in [9.17, 15) is 9.18 Å². The third kappa shape index (κ3) is 3.12. The fourth-order valence-corrected chi connectivity index (χ4v) is 4.23. The number of rotatable bonds is 3. The maximum absolute atomic E-state index is 13.6. The molecule has 1 fully saturated rings. The average Bonchev–Trinajstić information content (AvgIpc) is 3.02. The highest BCUT2D eigenvalue weighted by molar-refractivity contribution is 5.90. The Morgan fingerprint density at radius 2 is 1.96 bits per heavy atom. The van der Waals surface area contributed by atoms with Gasteiger partial charge in [0.25, 0.3) is 0 Å². The van der Waals surface area contributed by atoms with Crippen molar-refractivity contribution in [2.24, 2.45) is 5.41 Å². The molecule has 0 saturated carbocycles. The molecule has 0 N–H and O–H groups in total. The highest BCUT2D eigenvalue weighted by Crippen LogP contribution is 2.45. The second kappa shape index (κ2) is 6.20. The minimum absolute atomic E-state index is 0.134. The average molecular weight is 315 g/mol. The van der Waals surface area contributed by atoms with E-state index in [4.69, 9.17) is 0 Å². The molecular weight excluding hydrogens is 289 g/mol. The normalized spacial score (nSPS) is 25.0. The third-order valence-corrected chi connectivity index (χ3v) is 5.52. The zero-order valence-electron chi connectivity index (χ0n) is 14.4. The van der Waals surface area contributed by atoms with Crippen LogP contribution in [0.15, 0.2) is 23.8 Å². The summed E-state index contributed by atoms with van der Waals surface area (Å²) in [6.45, 7) is 8.43. The second-order valence-electron chi connectivity index (χ2n) is 7.66. The van der Waals surface area contributed by atoms with E-state index in [1.807, 2.05) is 12.1 Å². The van der Waals surface area contributed by atoms with Crippen molar-refractivity contribution in [1.29, 1.82) is 0 Å². The number of benzene rings is 1. The second-order valence-corrected chi connectivity index (χ2v) is 7.66. The molecule has 1 aliphatic heterocycles. The van der Waals surface area contributed by atoms with Crippen molar-refractivity contribution in [3.05, 3.63) is 40.7 Å². The topological polar surface area (TPSA) is 20.3 Å². The molecule has 0 bridgehead atoms. The summed E-state index contributed by atoms with van der Waals surface area (Å²) < 4.78 is 13.6. The number of aldehydes is 1. The Labute approximate surface area is 138 Å². The van der Waals surface area contributed by atoms with Gasteiger partial charge in [0, 0.05) is 11.6 Å². The van der Waals surface area contributed by atoms with Gasteiger partial charge in [-0.1, -0.05) is 19.9 Å². The lowest BCUT2D eigenvalue weighted by molar-refractivity contribution is -0.105. The van der Waals surface area contributed by atoms with E-state index < -0.39 is 0 Å². The van der Waals surface area contributed by atoms with Crippen LogP contribution >= 0.6 is 0 Å². The summed E-state index contributed by atoms with van der Waals surface area (Å²) in [7, 11) is 0. The fourth-order valence-electron chi connectivity index (χ4n) is 4.23. The predicted molar refractivity (Wildman–Crippen MR) is 91.7 cm³/mol. The molecule has 0 aromatic heterocycles. The first-order chi connectivity index (χ1) is 10.9. The first-order valence-electron chi connectivity index (χ1n) is 8.62. The van der Waals surface area contributed by atoms with Crippen LogP contribution in [0.3, 0.4) is 0 Å². The lowest BCUT2D eigenvalue weighted by atomic mass is 9.69. The SMILES string of the molecule is Cc1cc(C2=C(C=O)C(C)(C)CC(N3CCCC3)C2)ccc1F. The Morgan fingerprint density at radius 3 is 2.57 bits per heavy atom. The molecule has 1 aliphatic carbocycles. The van der Waals surface area contributed by atoms with Gasteiger partial charge in [0.05, 0.1) is 0 Å². The van der Waals surface area contributed by atoms with Crippen molar-refractivity contribution in [2.45, 2.75) is 52.5 Å². The summed E-state index contributed by atoms with van der Waals surface area (Å²) in [5.74, 6) is -0.187. The van der Waals surface area contributed by atoms with Crippen LogP contribution in [0.1, 0.15) is 50.7 Å². The smallest absolute Gasteiger partial charge is 0.146 e. The molecule has 1 atom stereocenters. The Bertz CT molecular complexity index is 641. The predicted octanol–water partition coefficient (Wildman–Crippen LogP) is 4.37. The highest BCUT2D eigenvalue weighted by Gasteiger charge is 2.38. The molecular formula is C20H26FNO. The van der Waals surface area contributed by atoms with Crippen molar-refractivity contribution < 1.29 is 9.18 Å². The minimum Gasteiger partial charge on any atom is -0.300 e. The summed E-state index contributed by atoms with van der Waals surface area (Å²) in [4.78, 5) is 14.4. The first-order valence-corrected chi connectivity index (χ1v) is 8.62. The molecule has 1 aromatic rings. The summed E-state index contributed by atoms with van der Waals surface area (Å²) >= 11 is 0. The van der Waals surface area contributed by atoms with Crippen LogP contribution in [-0.2, 0) is 4.79 Å². The number of nitrogens with zero attached hydrogens (tertiary/aromatic N) is 1. The number of carbonyl (C=O) groups excluding carboxylic acids is 1. The molecule has 3 heteroatoms. The van der Waals surface area contributed by atoms with Gasteiger partial charge in [-0.2, -0.15) is 0 Å². The molecule has 2 nitrogen and oxygen atoms in total. The van der Waals surface area contributed by atoms with Crippen LogP contribution in [-0.4, -0.2) is 30.3 Å². The lowest BCUT2D eigenvalue weighted by Crippen LogP contribution is -2.40. The van der Waals surface area contributed by atoms with Crippen LogP contribution in [0.2, 0.25) is 0 Å². The van der Waals surface area contributed by atoms with Gasteiger partial charge >= 0.3 is 0 Å². The minimum atomic E-state index is -0.187. The summed E-state index contributed by atoms with van der Waals surface area (Å²) in [5.41, 5.74) is 3.50. The molecule has 1 saturated heterocycles. The first kappa shape index (κ1) is 16.4. The summed E-state index contributed by atoms with van der Waals surface area (Å²) in [6.07, 6.45) is 5.47. The molecule has 0 radical (unpaired) electrons. The van der Waals surface area contributed by atoms with Crippen LogP contribution < -0.4 is 0 Å². The van der Waals surface area contributed by atoms with Crippen molar-refractivity contribution in [2.75, 3.05) is 13.1 Å². The van der Waals surface area contributed by atoms with E-state index in [0.717, 1.165) is 48.9 Å². The number of aryl methyl sites for hydroxylation is 1. The van der Waals surface area contributed by atoms with E-state index in [2.05, 4.69) is 18.7 Å². The maximum Gasteiger partial charge on any atom is 0.146 e. The largest absolute Gasteiger partial charge is 0.300 e. The fraction of sp³-hybridized carbons (Fsp3) is 0.550. The van der Waals surface area contributed by atoms with Gasteiger partial charge in [-0.3, -0.25) is 4.79 Å². The number of allylic oxidation sites excluding steroid dienone is 1. The van der Waals surface area contributed by atoms with Crippen molar-refractivity contribution in [1.82, 2.24) is 4.90 Å². The Hall–Kier alpha value is -1.48. The van der Waals surface area contributed by atoms with Crippen LogP contribution in [0.5, 0.6) is 0 Å². The van der Waals surface area contributed by atoms with Gasteiger partial charge in [-0.25, -0.2) is 4.39 Å². The van der Waals surface area contributed by atoms with E-state index >= 15 is 0 Å². The standard InChI is InChI=1S/C20H26FNO/c1-14-10-15(6-7-19(14)21)17-11-16(22-8-4-5-9-22)12-20(2,3)18(17)13-23/h6-7,10,13,16H,4-5,8-9,11-12H2,1-3H3. The molecule has 0 amide bonds. The van der Waals surface area contributed by atoms with Crippen LogP contribution in [0.25, 0.3) is 5.57 Å². The quantitative estimate of drug-likeness (QED) is 0.772. The number of likely N-dealkylation sites (tertiary alicyclic amines) is 1. The van der Waals surface area contributed by atoms with E-state index in [1.165, 1.54) is 18.9 Å². The van der Waals surface area contributed by atoms with Gasteiger partial charge in [0.1, 0.15) is 12.1 Å². The summed E-state index contributed by atoms with van der Waals surface area (Å²) in [6, 6.07) is 5.71. The third-order valence-electron chi connectivity index (χ3n) is 5.52. The van der Waals surface area contributed by atoms with Gasteiger partial charge in [-0.05, 0) is 79.9 Å². The zero-order valence-corrected chi connectivity index (χ0v) is 14.4. The van der Waals surface area contributed by atoms with E-state index in [0.29, 0.717) is 11.6 Å². The van der Waals surface area contributed by atoms with E-state index in [1.54, 1.807) is 6.92 Å². The van der Waals surface area contributed by atoms with Gasteiger partial charge in [0.15, 0.2) is 0 Å². The molecule has 0 spiro atoms. The van der Waals surface area contributed by atoms with Crippen LogP contribution in [0, 0.1) is 18.2 Å². The number of halogens is 1. The lowest BCUT2D eigenvalue weighted by Gasteiger charge is -2.41. The van der Waals surface area contributed by atoms with Crippen molar-refractivity contribution in [3.8, 4) is 0 Å². The molecule has 2 aliphatic rings. The summed E-state index contributed by atoms with van der Waals surface area (Å²) in [5, 5.41) is 0. The zero-order chi connectivity index (χ0) is 16.6. The Balaban J connectivity index is 2.03. The van der Waals surface area contributed by atoms with Crippen LogP contribution in [0.4, 0.5) is 4.39 Å².